The molecule has 1 aromatic heterocycles. The summed E-state index contributed by atoms with van der Waals surface area (Å²) in [7, 11) is 3.18. The molecule has 1 aromatic rings. The molecule has 0 amide bonds. The van der Waals surface area contributed by atoms with Crippen molar-refractivity contribution in [2.24, 2.45) is 0 Å². The monoisotopic (exact) mass is 259 g/mol. The summed E-state index contributed by atoms with van der Waals surface area (Å²) in [4.78, 5) is 8.55. The molecule has 0 aliphatic carbocycles. The van der Waals surface area contributed by atoms with Gasteiger partial charge in [-0.3, -0.25) is 0 Å². The molecule has 0 bridgehead atoms. The largest absolute Gasteiger partial charge is 0.365 e. The fourth-order valence-electron chi connectivity index (χ4n) is 1.31. The highest BCUT2D eigenvalue weighted by molar-refractivity contribution is 6.30. The number of anilines is 1. The second kappa shape index (κ2) is 6.74. The van der Waals surface area contributed by atoms with Crippen molar-refractivity contribution < 1.29 is 9.47 Å². The first kappa shape index (κ1) is 14.2. The average molecular weight is 260 g/mol. The van der Waals surface area contributed by atoms with Crippen LogP contribution in [0.3, 0.4) is 0 Å². The van der Waals surface area contributed by atoms with Crippen molar-refractivity contribution in [2.45, 2.75) is 26.6 Å². The highest BCUT2D eigenvalue weighted by atomic mass is 35.5. The number of aromatic nitrogens is 2. The van der Waals surface area contributed by atoms with Gasteiger partial charge in [-0.1, -0.05) is 18.5 Å². The summed E-state index contributed by atoms with van der Waals surface area (Å²) in [6.07, 6.45) is 0.431. The summed E-state index contributed by atoms with van der Waals surface area (Å²) in [5, 5.41) is 3.62. The van der Waals surface area contributed by atoms with Crippen LogP contribution in [-0.2, 0) is 15.9 Å². The van der Waals surface area contributed by atoms with Gasteiger partial charge in [0.1, 0.15) is 16.8 Å². The van der Waals surface area contributed by atoms with Gasteiger partial charge in [-0.25, -0.2) is 9.97 Å². The van der Waals surface area contributed by atoms with Crippen LogP contribution in [0.15, 0.2) is 0 Å². The van der Waals surface area contributed by atoms with Crippen molar-refractivity contribution in [3.63, 3.8) is 0 Å². The minimum Gasteiger partial charge on any atom is -0.365 e. The Balaban J connectivity index is 2.79. The second-order valence-corrected chi connectivity index (χ2v) is 3.90. The summed E-state index contributed by atoms with van der Waals surface area (Å²) < 4.78 is 10.2. The summed E-state index contributed by atoms with van der Waals surface area (Å²) in [6.45, 7) is 4.36. The molecular weight excluding hydrogens is 242 g/mol. The SMILES string of the molecule is CCc1nc(Cl)c(C)c(NCC(OC)OC)n1. The smallest absolute Gasteiger partial charge is 0.173 e. The Labute approximate surface area is 107 Å². The van der Waals surface area contributed by atoms with Crippen LogP contribution in [-0.4, -0.2) is 37.0 Å². The molecule has 1 N–H and O–H groups in total. The predicted molar refractivity (Wildman–Crippen MR) is 67.5 cm³/mol. The van der Waals surface area contributed by atoms with Crippen LogP contribution >= 0.6 is 11.6 Å². The Hall–Kier alpha value is -0.910. The normalized spacial score (nSPS) is 10.9. The molecule has 1 rings (SSSR count). The third-order valence-corrected chi connectivity index (χ3v) is 2.78. The Morgan fingerprint density at radius 3 is 2.47 bits per heavy atom. The van der Waals surface area contributed by atoms with Crippen LogP contribution in [0, 0.1) is 6.92 Å². The Bertz CT molecular complexity index is 370. The number of hydrogen-bond donors (Lipinski definition) is 1. The molecule has 96 valence electrons. The first-order valence-electron chi connectivity index (χ1n) is 5.44. The number of methoxy groups -OCH3 is 2. The zero-order valence-corrected chi connectivity index (χ0v) is 11.3. The number of ether oxygens (including phenoxy) is 2. The van der Waals surface area contributed by atoms with E-state index in [4.69, 9.17) is 21.1 Å². The number of rotatable bonds is 6. The molecule has 0 aliphatic heterocycles. The van der Waals surface area contributed by atoms with Gasteiger partial charge in [0.25, 0.3) is 0 Å². The number of nitrogens with one attached hydrogen (secondary N) is 1. The van der Waals surface area contributed by atoms with Crippen molar-refractivity contribution in [3.8, 4) is 0 Å². The van der Waals surface area contributed by atoms with E-state index in [2.05, 4.69) is 15.3 Å². The molecule has 0 unspecified atom stereocenters. The summed E-state index contributed by atoms with van der Waals surface area (Å²) in [6, 6.07) is 0. The van der Waals surface area contributed by atoms with E-state index in [1.54, 1.807) is 14.2 Å². The number of halogens is 1. The van der Waals surface area contributed by atoms with E-state index in [0.29, 0.717) is 11.7 Å². The fraction of sp³-hybridized carbons (Fsp3) is 0.636. The Kier molecular flexibility index (Phi) is 5.61. The van der Waals surface area contributed by atoms with E-state index in [-0.39, 0.29) is 6.29 Å². The molecule has 6 heteroatoms. The summed E-state index contributed by atoms with van der Waals surface area (Å²) in [5.74, 6) is 1.44. The molecule has 0 radical (unpaired) electrons. The lowest BCUT2D eigenvalue weighted by molar-refractivity contribution is -0.0914. The lowest BCUT2D eigenvalue weighted by atomic mass is 10.3. The van der Waals surface area contributed by atoms with E-state index >= 15 is 0 Å². The second-order valence-electron chi connectivity index (χ2n) is 3.54. The van der Waals surface area contributed by atoms with Gasteiger partial charge in [-0.05, 0) is 6.92 Å². The van der Waals surface area contributed by atoms with Crippen LogP contribution in [0.2, 0.25) is 5.15 Å². The van der Waals surface area contributed by atoms with Crippen molar-refractivity contribution in [2.75, 3.05) is 26.1 Å². The maximum Gasteiger partial charge on any atom is 0.173 e. The van der Waals surface area contributed by atoms with E-state index in [1.807, 2.05) is 13.8 Å². The summed E-state index contributed by atoms with van der Waals surface area (Å²) >= 11 is 6.03. The number of hydrogen-bond acceptors (Lipinski definition) is 5. The first-order chi connectivity index (χ1) is 8.12. The van der Waals surface area contributed by atoms with Crippen LogP contribution < -0.4 is 5.32 Å². The van der Waals surface area contributed by atoms with Crippen LogP contribution in [0.25, 0.3) is 0 Å². The van der Waals surface area contributed by atoms with Gasteiger partial charge in [-0.15, -0.1) is 0 Å². The third-order valence-electron chi connectivity index (χ3n) is 2.41. The van der Waals surface area contributed by atoms with Crippen LogP contribution in [0.1, 0.15) is 18.3 Å². The molecule has 0 spiro atoms. The molecule has 0 saturated carbocycles. The predicted octanol–water partition coefficient (Wildman–Crippen LogP) is 2.03. The van der Waals surface area contributed by atoms with Crippen LogP contribution in [0.5, 0.6) is 0 Å². The van der Waals surface area contributed by atoms with E-state index in [9.17, 15) is 0 Å². The standard InChI is InChI=1S/C11H18ClN3O2/c1-5-8-14-10(12)7(2)11(15-8)13-6-9(16-3)17-4/h9H,5-6H2,1-4H3,(H,13,14,15). The van der Waals surface area contributed by atoms with E-state index in [0.717, 1.165) is 23.6 Å². The van der Waals surface area contributed by atoms with Crippen LogP contribution in [0.4, 0.5) is 5.82 Å². The highest BCUT2D eigenvalue weighted by Crippen LogP contribution is 2.20. The first-order valence-corrected chi connectivity index (χ1v) is 5.82. The average Bonchev–Trinajstić information content (AvgIpc) is 2.35. The van der Waals surface area contributed by atoms with E-state index < -0.39 is 0 Å². The molecule has 5 nitrogen and oxygen atoms in total. The van der Waals surface area contributed by atoms with Crippen molar-refractivity contribution in [1.29, 1.82) is 0 Å². The molecule has 0 aromatic carbocycles. The Morgan fingerprint density at radius 1 is 1.29 bits per heavy atom. The summed E-state index contributed by atoms with van der Waals surface area (Å²) in [5.41, 5.74) is 0.829. The number of aryl methyl sites for hydroxylation is 1. The molecule has 0 fully saturated rings. The van der Waals surface area contributed by atoms with Gasteiger partial charge in [0.2, 0.25) is 0 Å². The minimum absolute atomic E-state index is 0.312. The maximum absolute atomic E-state index is 6.03. The molecule has 1 heterocycles. The lowest BCUT2D eigenvalue weighted by Gasteiger charge is -2.16. The molecule has 17 heavy (non-hydrogen) atoms. The topological polar surface area (TPSA) is 56.3 Å². The van der Waals surface area contributed by atoms with Crippen molar-refractivity contribution in [1.82, 2.24) is 9.97 Å². The van der Waals surface area contributed by atoms with Gasteiger partial charge in [0, 0.05) is 26.2 Å². The molecule has 0 atom stereocenters. The molecule has 0 aliphatic rings. The van der Waals surface area contributed by atoms with Gasteiger partial charge in [0.05, 0.1) is 6.54 Å². The van der Waals surface area contributed by atoms with Gasteiger partial charge in [-0.2, -0.15) is 0 Å². The minimum atomic E-state index is -0.312. The van der Waals surface area contributed by atoms with Crippen molar-refractivity contribution >= 4 is 17.4 Å². The molecule has 0 saturated heterocycles. The van der Waals surface area contributed by atoms with E-state index in [1.165, 1.54) is 0 Å². The zero-order chi connectivity index (χ0) is 12.8. The maximum atomic E-state index is 6.03. The quantitative estimate of drug-likeness (QED) is 0.626. The lowest BCUT2D eigenvalue weighted by Crippen LogP contribution is -2.24. The number of nitrogens with zero attached hydrogens (tertiary/aromatic N) is 2. The zero-order valence-electron chi connectivity index (χ0n) is 10.6. The Morgan fingerprint density at radius 2 is 1.94 bits per heavy atom. The third kappa shape index (κ3) is 3.80. The van der Waals surface area contributed by atoms with Gasteiger partial charge >= 0.3 is 0 Å². The van der Waals surface area contributed by atoms with Crippen molar-refractivity contribution in [3.05, 3.63) is 16.5 Å². The highest BCUT2D eigenvalue weighted by Gasteiger charge is 2.10. The van der Waals surface area contributed by atoms with Gasteiger partial charge in [0.15, 0.2) is 6.29 Å². The molecular formula is C11H18ClN3O2. The fourth-order valence-corrected chi connectivity index (χ4v) is 1.49. The van der Waals surface area contributed by atoms with Gasteiger partial charge < -0.3 is 14.8 Å².